The van der Waals surface area contributed by atoms with Gasteiger partial charge in [-0.25, -0.2) is 0 Å². The highest BCUT2D eigenvalue weighted by Gasteiger charge is 2.26. The molecule has 0 atom stereocenters. The van der Waals surface area contributed by atoms with Crippen molar-refractivity contribution >= 4 is 5.91 Å². The molecular formula is C9H15N3O2. The Morgan fingerprint density at radius 1 is 1.71 bits per heavy atom. The number of aliphatic hydroxyl groups excluding tert-OH is 1. The molecule has 0 unspecified atom stereocenters. The number of carbonyl (C=O) groups excluding carboxylic acids is 1. The maximum Gasteiger partial charge on any atom is 0.236 e. The Bertz CT molecular complexity index is 243. The van der Waals surface area contributed by atoms with E-state index in [9.17, 15) is 4.79 Å². The van der Waals surface area contributed by atoms with E-state index in [1.165, 1.54) is 0 Å². The summed E-state index contributed by atoms with van der Waals surface area (Å²) < 4.78 is 0. The largest absolute Gasteiger partial charge is 0.390 e. The third kappa shape index (κ3) is 2.98. The van der Waals surface area contributed by atoms with Crippen LogP contribution >= 0.6 is 0 Å². The summed E-state index contributed by atoms with van der Waals surface area (Å²) in [4.78, 5) is 14.9. The van der Waals surface area contributed by atoms with Crippen molar-refractivity contribution in [3.05, 3.63) is 0 Å². The van der Waals surface area contributed by atoms with Gasteiger partial charge in [-0.15, -0.1) is 0 Å². The molecule has 5 heteroatoms. The van der Waals surface area contributed by atoms with Crippen molar-refractivity contribution in [3.63, 3.8) is 0 Å². The molecule has 0 aromatic heterocycles. The summed E-state index contributed by atoms with van der Waals surface area (Å²) in [6, 6.07) is 1.99. The van der Waals surface area contributed by atoms with Gasteiger partial charge in [0.25, 0.3) is 0 Å². The summed E-state index contributed by atoms with van der Waals surface area (Å²) in [5.74, 6) is 0.00662. The van der Waals surface area contributed by atoms with Gasteiger partial charge in [-0.05, 0) is 0 Å². The smallest absolute Gasteiger partial charge is 0.236 e. The zero-order valence-electron chi connectivity index (χ0n) is 8.31. The number of nitriles is 1. The first kappa shape index (κ1) is 11.0. The van der Waals surface area contributed by atoms with Crippen LogP contribution in [0.25, 0.3) is 0 Å². The number of β-amino-alcohol motifs (C(OH)–C–C–N with tert-alkyl or cyclic N) is 1. The molecule has 5 nitrogen and oxygen atoms in total. The molecule has 0 radical (unpaired) electrons. The van der Waals surface area contributed by atoms with Gasteiger partial charge in [-0.2, -0.15) is 5.26 Å². The quantitative estimate of drug-likeness (QED) is 0.630. The molecule has 0 saturated carbocycles. The summed E-state index contributed by atoms with van der Waals surface area (Å²) >= 11 is 0. The lowest BCUT2D eigenvalue weighted by atomic mass is 10.2. The predicted molar refractivity (Wildman–Crippen MR) is 50.3 cm³/mol. The Morgan fingerprint density at radius 3 is 2.86 bits per heavy atom. The molecule has 0 aromatic carbocycles. The maximum atomic E-state index is 11.5. The van der Waals surface area contributed by atoms with Gasteiger partial charge in [-0.1, -0.05) is 0 Å². The second kappa shape index (κ2) is 4.94. The highest BCUT2D eigenvalue weighted by molar-refractivity contribution is 5.78. The number of amides is 1. The summed E-state index contributed by atoms with van der Waals surface area (Å²) in [6.45, 7) is 1.99. The fourth-order valence-electron chi connectivity index (χ4n) is 1.33. The van der Waals surface area contributed by atoms with Gasteiger partial charge < -0.3 is 10.0 Å². The zero-order valence-corrected chi connectivity index (χ0v) is 8.31. The lowest BCUT2D eigenvalue weighted by molar-refractivity contribution is -0.133. The van der Waals surface area contributed by atoms with Crippen molar-refractivity contribution in [1.82, 2.24) is 9.80 Å². The van der Waals surface area contributed by atoms with Gasteiger partial charge in [0.2, 0.25) is 5.91 Å². The van der Waals surface area contributed by atoms with Crippen LogP contribution in [0, 0.1) is 11.3 Å². The van der Waals surface area contributed by atoms with Crippen molar-refractivity contribution in [1.29, 1.82) is 5.26 Å². The van der Waals surface area contributed by atoms with E-state index in [2.05, 4.69) is 0 Å². The molecule has 1 saturated heterocycles. The van der Waals surface area contributed by atoms with Crippen molar-refractivity contribution in [2.75, 3.05) is 33.2 Å². The normalized spacial score (nSPS) is 17.2. The highest BCUT2D eigenvalue weighted by Crippen LogP contribution is 2.06. The number of hydrogen-bond acceptors (Lipinski definition) is 4. The van der Waals surface area contributed by atoms with Crippen LogP contribution in [-0.2, 0) is 4.79 Å². The fraction of sp³-hybridized carbons (Fsp3) is 0.778. The van der Waals surface area contributed by atoms with E-state index in [0.29, 0.717) is 32.6 Å². The average Bonchev–Trinajstić information content (AvgIpc) is 2.11. The minimum atomic E-state index is -0.271. The van der Waals surface area contributed by atoms with E-state index in [-0.39, 0.29) is 12.0 Å². The number of aliphatic hydroxyl groups is 1. The van der Waals surface area contributed by atoms with E-state index >= 15 is 0 Å². The molecular weight excluding hydrogens is 182 g/mol. The van der Waals surface area contributed by atoms with Crippen molar-refractivity contribution in [2.24, 2.45) is 0 Å². The molecule has 1 aliphatic rings. The first-order chi connectivity index (χ1) is 6.63. The summed E-state index contributed by atoms with van der Waals surface area (Å²) in [6.07, 6.45) is 0.0948. The Morgan fingerprint density at radius 2 is 2.36 bits per heavy atom. The minimum absolute atomic E-state index is 0.00662. The molecule has 0 spiro atoms. The van der Waals surface area contributed by atoms with Gasteiger partial charge in [0.15, 0.2) is 0 Å². The van der Waals surface area contributed by atoms with Crippen LogP contribution in [0.2, 0.25) is 0 Å². The Hall–Kier alpha value is -1.12. The lowest BCUT2D eigenvalue weighted by Crippen LogP contribution is -2.54. The van der Waals surface area contributed by atoms with Crippen LogP contribution in [-0.4, -0.2) is 60.1 Å². The third-order valence-corrected chi connectivity index (χ3v) is 2.28. The average molecular weight is 197 g/mol. The molecule has 0 bridgehead atoms. The second-order valence-electron chi connectivity index (χ2n) is 3.57. The fourth-order valence-corrected chi connectivity index (χ4v) is 1.33. The van der Waals surface area contributed by atoms with Crippen LogP contribution in [0.4, 0.5) is 0 Å². The number of nitrogens with zero attached hydrogens (tertiary/aromatic N) is 3. The number of rotatable bonds is 4. The molecule has 0 aliphatic carbocycles. The van der Waals surface area contributed by atoms with Gasteiger partial charge in [0.05, 0.1) is 25.1 Å². The predicted octanol–water partition coefficient (Wildman–Crippen LogP) is -0.965. The summed E-state index contributed by atoms with van der Waals surface area (Å²) in [7, 11) is 1.69. The topological polar surface area (TPSA) is 67.6 Å². The van der Waals surface area contributed by atoms with Crippen LogP contribution < -0.4 is 0 Å². The van der Waals surface area contributed by atoms with Gasteiger partial charge in [0, 0.05) is 26.7 Å². The molecule has 1 fully saturated rings. The van der Waals surface area contributed by atoms with Crippen LogP contribution in [0.3, 0.4) is 0 Å². The van der Waals surface area contributed by atoms with Gasteiger partial charge in [-0.3, -0.25) is 9.69 Å². The van der Waals surface area contributed by atoms with Crippen molar-refractivity contribution in [2.45, 2.75) is 12.5 Å². The first-order valence-corrected chi connectivity index (χ1v) is 4.65. The SMILES string of the molecule is CN(CCC#N)C(=O)CN1CC(O)C1. The van der Waals surface area contributed by atoms with E-state index < -0.39 is 0 Å². The van der Waals surface area contributed by atoms with Crippen molar-refractivity contribution in [3.8, 4) is 6.07 Å². The van der Waals surface area contributed by atoms with Crippen LogP contribution in [0.15, 0.2) is 0 Å². The van der Waals surface area contributed by atoms with Gasteiger partial charge >= 0.3 is 0 Å². The standard InChI is InChI=1S/C9H15N3O2/c1-11(4-2-3-10)9(14)7-12-5-8(13)6-12/h8,13H,2,4-7H2,1H3. The Kier molecular flexibility index (Phi) is 3.86. The third-order valence-electron chi connectivity index (χ3n) is 2.28. The number of likely N-dealkylation sites (tertiary alicyclic amines) is 1. The van der Waals surface area contributed by atoms with Crippen LogP contribution in [0.5, 0.6) is 0 Å². The summed E-state index contributed by atoms with van der Waals surface area (Å²) in [5.41, 5.74) is 0. The van der Waals surface area contributed by atoms with Crippen LogP contribution in [0.1, 0.15) is 6.42 Å². The molecule has 1 heterocycles. The molecule has 0 aromatic rings. The van der Waals surface area contributed by atoms with Crippen molar-refractivity contribution < 1.29 is 9.90 Å². The van der Waals surface area contributed by atoms with E-state index in [1.54, 1.807) is 11.9 Å². The Balaban J connectivity index is 2.18. The maximum absolute atomic E-state index is 11.5. The van der Waals surface area contributed by atoms with E-state index in [0.717, 1.165) is 0 Å². The molecule has 14 heavy (non-hydrogen) atoms. The molecule has 1 rings (SSSR count). The summed E-state index contributed by atoms with van der Waals surface area (Å²) in [5, 5.41) is 17.3. The molecule has 1 aliphatic heterocycles. The van der Waals surface area contributed by atoms with E-state index in [1.807, 2.05) is 11.0 Å². The lowest BCUT2D eigenvalue weighted by Gasteiger charge is -2.36. The first-order valence-electron chi connectivity index (χ1n) is 4.65. The Labute approximate surface area is 83.5 Å². The minimum Gasteiger partial charge on any atom is -0.390 e. The molecule has 78 valence electrons. The highest BCUT2D eigenvalue weighted by atomic mass is 16.3. The molecule has 1 amide bonds. The number of carbonyl (C=O) groups is 1. The second-order valence-corrected chi connectivity index (χ2v) is 3.57. The van der Waals surface area contributed by atoms with E-state index in [4.69, 9.17) is 10.4 Å². The number of hydrogen-bond donors (Lipinski definition) is 1. The molecule has 1 N–H and O–H groups in total. The number of likely N-dealkylation sites (N-methyl/N-ethyl adjacent to an activating group) is 1. The van der Waals surface area contributed by atoms with Gasteiger partial charge in [0.1, 0.15) is 0 Å². The zero-order chi connectivity index (χ0) is 10.6. The monoisotopic (exact) mass is 197 g/mol.